The van der Waals surface area contributed by atoms with Gasteiger partial charge in [-0.1, -0.05) is 28.1 Å². The van der Waals surface area contributed by atoms with Gasteiger partial charge in [0.2, 0.25) is 0 Å². The molecule has 0 aliphatic heterocycles. The third-order valence-electron chi connectivity index (χ3n) is 3.16. The smallest absolute Gasteiger partial charge is 0.195 e. The van der Waals surface area contributed by atoms with Gasteiger partial charge in [0.15, 0.2) is 12.1 Å². The Morgan fingerprint density at radius 3 is 2.55 bits per heavy atom. The minimum Gasteiger partial charge on any atom is -0.352 e. The van der Waals surface area contributed by atoms with Crippen LogP contribution in [0, 0.1) is 0 Å². The van der Waals surface area contributed by atoms with Gasteiger partial charge in [0.1, 0.15) is 0 Å². The Kier molecular flexibility index (Phi) is 3.24. The lowest BCUT2D eigenvalue weighted by molar-refractivity contribution is 0.103. The Hall–Kier alpha value is -2.20. The van der Waals surface area contributed by atoms with Gasteiger partial charge in [0.25, 0.3) is 0 Å². The van der Waals surface area contributed by atoms with E-state index in [1.807, 2.05) is 24.3 Å². The molecule has 3 rings (SSSR count). The summed E-state index contributed by atoms with van der Waals surface area (Å²) < 4.78 is 0.926. The molecule has 0 aliphatic carbocycles. The van der Waals surface area contributed by atoms with Crippen molar-refractivity contribution in [1.29, 1.82) is 0 Å². The molecule has 1 N–H and O–H groups in total. The number of carbonyl (C=O) groups is 2. The molecule has 3 aromatic rings. The van der Waals surface area contributed by atoms with Crippen LogP contribution in [-0.4, -0.2) is 17.1 Å². The van der Waals surface area contributed by atoms with E-state index in [1.54, 1.807) is 24.3 Å². The molecule has 98 valence electrons. The zero-order valence-corrected chi connectivity index (χ0v) is 12.0. The van der Waals surface area contributed by atoms with Gasteiger partial charge in [-0.3, -0.25) is 9.59 Å². The SMILES string of the molecule is O=Cc1cc2cccc(C(=O)c3ccc(Br)cc3)c2[nH]1. The van der Waals surface area contributed by atoms with Crippen LogP contribution in [0.5, 0.6) is 0 Å². The Morgan fingerprint density at radius 2 is 1.85 bits per heavy atom. The molecule has 0 amide bonds. The molecule has 0 bridgehead atoms. The number of aromatic amines is 1. The standard InChI is InChI=1S/C16H10BrNO2/c17-12-6-4-10(5-7-12)16(20)14-3-1-2-11-8-13(9-19)18-15(11)14/h1-9,18H. The zero-order chi connectivity index (χ0) is 14.1. The number of carbonyl (C=O) groups excluding carboxylic acids is 2. The van der Waals surface area contributed by atoms with Gasteiger partial charge in [-0.15, -0.1) is 0 Å². The molecule has 2 aromatic carbocycles. The lowest BCUT2D eigenvalue weighted by Gasteiger charge is -2.03. The summed E-state index contributed by atoms with van der Waals surface area (Å²) in [4.78, 5) is 26.4. The number of hydrogen-bond donors (Lipinski definition) is 1. The zero-order valence-electron chi connectivity index (χ0n) is 10.4. The first kappa shape index (κ1) is 12.8. The van der Waals surface area contributed by atoms with Crippen LogP contribution >= 0.6 is 15.9 Å². The minimum absolute atomic E-state index is 0.0672. The predicted molar refractivity (Wildman–Crippen MR) is 81.3 cm³/mol. The fourth-order valence-electron chi connectivity index (χ4n) is 2.19. The number of halogens is 1. The van der Waals surface area contributed by atoms with Crippen LogP contribution in [0.3, 0.4) is 0 Å². The van der Waals surface area contributed by atoms with Crippen molar-refractivity contribution >= 4 is 38.9 Å². The van der Waals surface area contributed by atoms with Gasteiger partial charge in [-0.25, -0.2) is 0 Å². The highest BCUT2D eigenvalue weighted by atomic mass is 79.9. The second-order valence-corrected chi connectivity index (χ2v) is 5.36. The highest BCUT2D eigenvalue weighted by Gasteiger charge is 2.14. The number of ketones is 1. The van der Waals surface area contributed by atoms with E-state index in [-0.39, 0.29) is 5.78 Å². The minimum atomic E-state index is -0.0672. The fraction of sp³-hybridized carbons (Fsp3) is 0. The van der Waals surface area contributed by atoms with E-state index < -0.39 is 0 Å². The quantitative estimate of drug-likeness (QED) is 0.584. The molecule has 0 spiro atoms. The van der Waals surface area contributed by atoms with Crippen LogP contribution in [0.15, 0.2) is 53.0 Å². The number of fused-ring (bicyclic) bond motifs is 1. The summed E-state index contributed by atoms with van der Waals surface area (Å²) in [6.07, 6.45) is 0.744. The molecular formula is C16H10BrNO2. The summed E-state index contributed by atoms with van der Waals surface area (Å²) in [5.74, 6) is -0.0672. The van der Waals surface area contributed by atoms with Crippen molar-refractivity contribution in [2.75, 3.05) is 0 Å². The van der Waals surface area contributed by atoms with Crippen LogP contribution in [0.25, 0.3) is 10.9 Å². The van der Waals surface area contributed by atoms with E-state index in [1.165, 1.54) is 0 Å². The molecule has 0 unspecified atom stereocenters. The summed E-state index contributed by atoms with van der Waals surface area (Å²) in [6, 6.07) is 14.4. The van der Waals surface area contributed by atoms with Crippen LogP contribution in [0.2, 0.25) is 0 Å². The molecule has 0 saturated heterocycles. The van der Waals surface area contributed by atoms with E-state index >= 15 is 0 Å². The summed E-state index contributed by atoms with van der Waals surface area (Å²) in [7, 11) is 0. The first-order chi connectivity index (χ1) is 9.69. The highest BCUT2D eigenvalue weighted by molar-refractivity contribution is 9.10. The van der Waals surface area contributed by atoms with Crippen molar-refractivity contribution in [3.63, 3.8) is 0 Å². The van der Waals surface area contributed by atoms with E-state index in [4.69, 9.17) is 0 Å². The molecule has 20 heavy (non-hydrogen) atoms. The summed E-state index contributed by atoms with van der Waals surface area (Å²) >= 11 is 3.35. The van der Waals surface area contributed by atoms with Gasteiger partial charge >= 0.3 is 0 Å². The molecule has 1 heterocycles. The Bertz CT molecular complexity index is 803. The van der Waals surface area contributed by atoms with E-state index in [0.29, 0.717) is 22.3 Å². The monoisotopic (exact) mass is 327 g/mol. The second kappa shape index (κ2) is 5.06. The molecule has 4 heteroatoms. The van der Waals surface area contributed by atoms with Crippen LogP contribution in [0.1, 0.15) is 26.4 Å². The maximum atomic E-state index is 12.5. The normalized spacial score (nSPS) is 10.7. The predicted octanol–water partition coefficient (Wildman–Crippen LogP) is 3.97. The van der Waals surface area contributed by atoms with Crippen molar-refractivity contribution in [1.82, 2.24) is 4.98 Å². The molecule has 1 aromatic heterocycles. The Balaban J connectivity index is 2.13. The number of para-hydroxylation sites is 1. The number of benzene rings is 2. The van der Waals surface area contributed by atoms with Gasteiger partial charge in [-0.2, -0.15) is 0 Å². The van der Waals surface area contributed by atoms with E-state index in [2.05, 4.69) is 20.9 Å². The average molecular weight is 328 g/mol. The topological polar surface area (TPSA) is 49.9 Å². The Morgan fingerprint density at radius 1 is 1.10 bits per heavy atom. The van der Waals surface area contributed by atoms with Gasteiger partial charge in [-0.05, 0) is 36.4 Å². The van der Waals surface area contributed by atoms with E-state index in [0.717, 1.165) is 16.1 Å². The Labute approximate surface area is 123 Å². The maximum absolute atomic E-state index is 12.5. The number of hydrogen-bond acceptors (Lipinski definition) is 2. The lowest BCUT2D eigenvalue weighted by atomic mass is 10.0. The first-order valence-corrected chi connectivity index (χ1v) is 6.85. The fourth-order valence-corrected chi connectivity index (χ4v) is 2.45. The largest absolute Gasteiger partial charge is 0.352 e. The van der Waals surface area contributed by atoms with Gasteiger partial charge in [0.05, 0.1) is 11.2 Å². The summed E-state index contributed by atoms with van der Waals surface area (Å²) in [5, 5.41) is 0.857. The second-order valence-electron chi connectivity index (χ2n) is 4.45. The third kappa shape index (κ3) is 2.18. The maximum Gasteiger partial charge on any atom is 0.195 e. The average Bonchev–Trinajstić information content (AvgIpc) is 2.90. The van der Waals surface area contributed by atoms with Crippen molar-refractivity contribution in [2.45, 2.75) is 0 Å². The van der Waals surface area contributed by atoms with Crippen LogP contribution in [0.4, 0.5) is 0 Å². The van der Waals surface area contributed by atoms with Crippen molar-refractivity contribution in [3.05, 3.63) is 69.8 Å². The van der Waals surface area contributed by atoms with Crippen molar-refractivity contribution in [3.8, 4) is 0 Å². The molecule has 0 atom stereocenters. The molecule has 0 saturated carbocycles. The summed E-state index contributed by atoms with van der Waals surface area (Å²) in [5.41, 5.74) is 2.35. The summed E-state index contributed by atoms with van der Waals surface area (Å²) in [6.45, 7) is 0. The molecule has 0 aliphatic rings. The molecule has 0 radical (unpaired) electrons. The van der Waals surface area contributed by atoms with Crippen LogP contribution < -0.4 is 0 Å². The van der Waals surface area contributed by atoms with E-state index in [9.17, 15) is 9.59 Å². The number of nitrogens with one attached hydrogen (secondary N) is 1. The first-order valence-electron chi connectivity index (χ1n) is 6.06. The number of aromatic nitrogens is 1. The third-order valence-corrected chi connectivity index (χ3v) is 3.68. The van der Waals surface area contributed by atoms with Crippen molar-refractivity contribution in [2.24, 2.45) is 0 Å². The number of H-pyrrole nitrogens is 1. The molecular weight excluding hydrogens is 318 g/mol. The highest BCUT2D eigenvalue weighted by Crippen LogP contribution is 2.22. The van der Waals surface area contributed by atoms with Crippen molar-refractivity contribution < 1.29 is 9.59 Å². The van der Waals surface area contributed by atoms with Gasteiger partial charge < -0.3 is 4.98 Å². The van der Waals surface area contributed by atoms with Crippen LogP contribution in [-0.2, 0) is 0 Å². The molecule has 0 fully saturated rings. The van der Waals surface area contributed by atoms with Gasteiger partial charge in [0, 0.05) is 21.0 Å². The molecule has 3 nitrogen and oxygen atoms in total. The lowest BCUT2D eigenvalue weighted by Crippen LogP contribution is -2.02. The number of rotatable bonds is 3. The number of aldehydes is 1.